The second-order valence-electron chi connectivity index (χ2n) is 4.26. The zero-order valence-corrected chi connectivity index (χ0v) is 10.5. The molecular formula is C11H22N4O2. The van der Waals surface area contributed by atoms with Crippen molar-refractivity contribution in [1.82, 2.24) is 15.5 Å². The van der Waals surface area contributed by atoms with E-state index in [1.807, 2.05) is 13.8 Å². The van der Waals surface area contributed by atoms with Gasteiger partial charge in [-0.15, -0.1) is 0 Å². The highest BCUT2D eigenvalue weighted by Crippen LogP contribution is 2.08. The molecule has 0 aromatic rings. The van der Waals surface area contributed by atoms with Gasteiger partial charge in [-0.1, -0.05) is 20.3 Å². The fraction of sp³-hybridized carbons (Fsp3) is 0.818. The Bertz CT molecular complexity index is 257. The Balaban J connectivity index is 2.65. The number of hydrogen-bond donors (Lipinski definition) is 3. The summed E-state index contributed by atoms with van der Waals surface area (Å²) in [6, 6.07) is -0.894. The predicted octanol–water partition coefficient (Wildman–Crippen LogP) is -0.00870. The minimum Gasteiger partial charge on any atom is -0.309 e. The number of carbonyl (C=O) groups is 2. The average Bonchev–Trinajstić information content (AvgIpc) is 2.28. The summed E-state index contributed by atoms with van der Waals surface area (Å²) in [7, 11) is 0. The molecule has 0 saturated carbocycles. The summed E-state index contributed by atoms with van der Waals surface area (Å²) in [4.78, 5) is 24.8. The van der Waals surface area contributed by atoms with Crippen LogP contribution in [0.3, 0.4) is 0 Å². The molecular weight excluding hydrogens is 220 g/mol. The lowest BCUT2D eigenvalue weighted by atomic mass is 10.1. The van der Waals surface area contributed by atoms with Gasteiger partial charge in [-0.05, 0) is 19.4 Å². The van der Waals surface area contributed by atoms with Crippen molar-refractivity contribution in [3.63, 3.8) is 0 Å². The summed E-state index contributed by atoms with van der Waals surface area (Å²) in [6.07, 6.45) is 2.21. The third-order valence-electron chi connectivity index (χ3n) is 2.84. The van der Waals surface area contributed by atoms with Crippen LogP contribution in [0.5, 0.6) is 0 Å². The minimum absolute atomic E-state index is 0.330. The molecule has 2 unspecified atom stereocenters. The van der Waals surface area contributed by atoms with E-state index < -0.39 is 12.2 Å². The number of rotatable bonds is 6. The fourth-order valence-corrected chi connectivity index (χ4v) is 1.82. The van der Waals surface area contributed by atoms with Crippen LogP contribution in [0.2, 0.25) is 0 Å². The summed E-state index contributed by atoms with van der Waals surface area (Å²) in [5, 5.41) is 5.40. The van der Waals surface area contributed by atoms with Gasteiger partial charge < -0.3 is 16.0 Å². The zero-order valence-electron chi connectivity index (χ0n) is 10.5. The highest BCUT2D eigenvalue weighted by Gasteiger charge is 2.38. The number of urea groups is 1. The molecule has 1 rings (SSSR count). The Morgan fingerprint density at radius 2 is 2.06 bits per heavy atom. The van der Waals surface area contributed by atoms with Gasteiger partial charge in [-0.3, -0.25) is 10.1 Å². The number of nitrogens with two attached hydrogens (primary N) is 1. The van der Waals surface area contributed by atoms with Gasteiger partial charge >= 0.3 is 6.03 Å². The van der Waals surface area contributed by atoms with E-state index in [1.165, 1.54) is 4.90 Å². The summed E-state index contributed by atoms with van der Waals surface area (Å²) >= 11 is 0. The molecule has 0 bridgehead atoms. The van der Waals surface area contributed by atoms with Crippen molar-refractivity contribution in [2.45, 2.75) is 45.3 Å². The van der Waals surface area contributed by atoms with Crippen molar-refractivity contribution in [2.75, 3.05) is 13.1 Å². The lowest BCUT2D eigenvalue weighted by molar-refractivity contribution is -0.125. The van der Waals surface area contributed by atoms with Crippen LogP contribution in [0, 0.1) is 0 Å². The van der Waals surface area contributed by atoms with E-state index >= 15 is 0 Å². The van der Waals surface area contributed by atoms with Crippen molar-refractivity contribution in [3.8, 4) is 0 Å². The van der Waals surface area contributed by atoms with Gasteiger partial charge in [0.05, 0.1) is 0 Å². The van der Waals surface area contributed by atoms with Crippen LogP contribution in [-0.2, 0) is 4.79 Å². The Morgan fingerprint density at radius 3 is 2.65 bits per heavy atom. The Labute approximate surface area is 102 Å². The van der Waals surface area contributed by atoms with E-state index in [2.05, 4.69) is 10.6 Å². The van der Waals surface area contributed by atoms with Crippen molar-refractivity contribution >= 4 is 11.9 Å². The summed E-state index contributed by atoms with van der Waals surface area (Å²) in [6.45, 7) is 5.35. The third-order valence-corrected chi connectivity index (χ3v) is 2.84. The second kappa shape index (κ2) is 6.56. The smallest absolute Gasteiger partial charge is 0.309 e. The first-order valence-corrected chi connectivity index (χ1v) is 6.22. The number of imide groups is 1. The highest BCUT2D eigenvalue weighted by atomic mass is 16.2. The van der Waals surface area contributed by atoms with Crippen molar-refractivity contribution in [1.29, 1.82) is 0 Å². The average molecular weight is 242 g/mol. The van der Waals surface area contributed by atoms with E-state index in [-0.39, 0.29) is 11.9 Å². The highest BCUT2D eigenvalue weighted by molar-refractivity contribution is 6.00. The number of hydrogen-bond acceptors (Lipinski definition) is 4. The Kier molecular flexibility index (Phi) is 5.37. The first-order valence-electron chi connectivity index (χ1n) is 6.22. The lowest BCUT2D eigenvalue weighted by Crippen LogP contribution is -2.70. The maximum Gasteiger partial charge on any atom is 0.325 e. The fourth-order valence-electron chi connectivity index (χ4n) is 1.82. The number of unbranched alkanes of at least 4 members (excludes halogenated alkanes) is 1. The van der Waals surface area contributed by atoms with Crippen molar-refractivity contribution < 1.29 is 9.59 Å². The monoisotopic (exact) mass is 242 g/mol. The standard InChI is InChI=1S/C11H22N4O2/c1-3-5-7-15-9(12)8(13-6-4-2)10(16)14-11(15)17/h8-9,13H,3-7,12H2,1-2H3,(H,14,16,17). The number of carbonyl (C=O) groups excluding carboxylic acids is 2. The number of nitrogens with zero attached hydrogens (tertiary/aromatic N) is 1. The lowest BCUT2D eigenvalue weighted by Gasteiger charge is -2.38. The van der Waals surface area contributed by atoms with Gasteiger partial charge in [-0.25, -0.2) is 4.79 Å². The van der Waals surface area contributed by atoms with Crippen LogP contribution in [0.15, 0.2) is 0 Å². The SMILES string of the molecule is CCCCN1C(=O)NC(=O)C(NCCC)C1N. The molecule has 0 radical (unpaired) electrons. The Morgan fingerprint density at radius 1 is 1.35 bits per heavy atom. The summed E-state index contributed by atoms with van der Waals surface area (Å²) in [5.74, 6) is -0.330. The van der Waals surface area contributed by atoms with E-state index in [0.717, 1.165) is 19.3 Å². The first-order chi connectivity index (χ1) is 8.11. The van der Waals surface area contributed by atoms with Crippen LogP contribution >= 0.6 is 0 Å². The molecule has 6 heteroatoms. The molecule has 0 aliphatic carbocycles. The van der Waals surface area contributed by atoms with Gasteiger partial charge in [0, 0.05) is 6.54 Å². The van der Waals surface area contributed by atoms with Gasteiger partial charge in [0.25, 0.3) is 0 Å². The molecule has 3 amide bonds. The van der Waals surface area contributed by atoms with E-state index in [4.69, 9.17) is 5.73 Å². The molecule has 1 fully saturated rings. The molecule has 4 N–H and O–H groups in total. The van der Waals surface area contributed by atoms with Crippen molar-refractivity contribution in [3.05, 3.63) is 0 Å². The Hall–Kier alpha value is -1.14. The molecule has 0 aromatic carbocycles. The second-order valence-corrected chi connectivity index (χ2v) is 4.26. The van der Waals surface area contributed by atoms with Crippen LogP contribution < -0.4 is 16.4 Å². The quantitative estimate of drug-likeness (QED) is 0.611. The number of amides is 3. The topological polar surface area (TPSA) is 87.5 Å². The van der Waals surface area contributed by atoms with Crippen molar-refractivity contribution in [2.24, 2.45) is 5.73 Å². The van der Waals surface area contributed by atoms with Gasteiger partial charge in [0.2, 0.25) is 5.91 Å². The van der Waals surface area contributed by atoms with E-state index in [9.17, 15) is 9.59 Å². The molecule has 6 nitrogen and oxygen atoms in total. The largest absolute Gasteiger partial charge is 0.325 e. The first kappa shape index (κ1) is 13.9. The summed E-state index contributed by atoms with van der Waals surface area (Å²) in [5.41, 5.74) is 5.97. The van der Waals surface area contributed by atoms with Gasteiger partial charge in [0.1, 0.15) is 12.2 Å². The summed E-state index contributed by atoms with van der Waals surface area (Å²) < 4.78 is 0. The third kappa shape index (κ3) is 3.41. The van der Waals surface area contributed by atoms with E-state index in [0.29, 0.717) is 13.1 Å². The molecule has 1 aliphatic heterocycles. The molecule has 0 spiro atoms. The van der Waals surface area contributed by atoms with Crippen LogP contribution in [0.4, 0.5) is 4.79 Å². The molecule has 2 atom stereocenters. The van der Waals surface area contributed by atoms with Crippen LogP contribution in [0.25, 0.3) is 0 Å². The molecule has 0 aromatic heterocycles. The maximum absolute atomic E-state index is 11.6. The zero-order chi connectivity index (χ0) is 12.8. The molecule has 1 saturated heterocycles. The minimum atomic E-state index is -0.575. The molecule has 17 heavy (non-hydrogen) atoms. The van der Waals surface area contributed by atoms with Crippen LogP contribution in [-0.4, -0.2) is 42.1 Å². The molecule has 1 aliphatic rings. The number of nitrogens with one attached hydrogen (secondary N) is 2. The van der Waals surface area contributed by atoms with Gasteiger partial charge in [0.15, 0.2) is 0 Å². The predicted molar refractivity (Wildman–Crippen MR) is 65.2 cm³/mol. The molecule has 1 heterocycles. The molecule has 98 valence electrons. The maximum atomic E-state index is 11.6. The normalized spacial score (nSPS) is 25.0. The van der Waals surface area contributed by atoms with E-state index in [1.54, 1.807) is 0 Å². The van der Waals surface area contributed by atoms with Gasteiger partial charge in [-0.2, -0.15) is 0 Å². The van der Waals surface area contributed by atoms with Crippen LogP contribution in [0.1, 0.15) is 33.1 Å².